The van der Waals surface area contributed by atoms with Crippen molar-refractivity contribution in [1.82, 2.24) is 15.1 Å². The molecule has 2 rings (SSSR count). The molecule has 1 atom stereocenters. The van der Waals surface area contributed by atoms with Crippen LogP contribution in [0.1, 0.15) is 33.1 Å². The molecule has 3 nitrogen and oxygen atoms in total. The number of nitrogens with zero attached hydrogens (tertiary/aromatic N) is 2. The summed E-state index contributed by atoms with van der Waals surface area (Å²) in [6.45, 7) is 12.3. The average Bonchev–Trinajstić information content (AvgIpc) is 2.47. The normalized spacial score (nSPS) is 32.3. The number of hydrogen-bond acceptors (Lipinski definition) is 3. The Kier molecular flexibility index (Phi) is 4.45. The van der Waals surface area contributed by atoms with Crippen LogP contribution in [0.4, 0.5) is 0 Å². The summed E-state index contributed by atoms with van der Waals surface area (Å²) in [5, 5.41) is 3.73. The van der Waals surface area contributed by atoms with Gasteiger partial charge in [0.2, 0.25) is 0 Å². The zero-order chi connectivity index (χ0) is 12.3. The Hall–Kier alpha value is -0.120. The minimum absolute atomic E-state index is 0.469. The summed E-state index contributed by atoms with van der Waals surface area (Å²) < 4.78 is 0. The van der Waals surface area contributed by atoms with E-state index in [1.54, 1.807) is 0 Å². The number of nitrogens with one attached hydrogen (secondary N) is 1. The van der Waals surface area contributed by atoms with Crippen molar-refractivity contribution in [3.05, 3.63) is 0 Å². The van der Waals surface area contributed by atoms with Gasteiger partial charge in [0.1, 0.15) is 0 Å². The summed E-state index contributed by atoms with van der Waals surface area (Å²) in [5.74, 6) is 0. The Balaban J connectivity index is 1.86. The zero-order valence-electron chi connectivity index (χ0n) is 11.8. The molecular weight excluding hydrogens is 210 g/mol. The maximum atomic E-state index is 3.73. The zero-order valence-corrected chi connectivity index (χ0v) is 11.8. The first-order valence-corrected chi connectivity index (χ1v) is 7.22. The maximum Gasteiger partial charge on any atom is 0.0246 e. The monoisotopic (exact) mass is 239 g/mol. The topological polar surface area (TPSA) is 18.5 Å². The maximum absolute atomic E-state index is 3.73. The van der Waals surface area contributed by atoms with E-state index in [0.717, 1.165) is 0 Å². The lowest BCUT2D eigenvalue weighted by molar-refractivity contribution is 0.128. The van der Waals surface area contributed by atoms with Crippen LogP contribution in [-0.2, 0) is 0 Å². The highest BCUT2D eigenvalue weighted by Crippen LogP contribution is 2.30. The smallest absolute Gasteiger partial charge is 0.0246 e. The molecule has 0 aromatic carbocycles. The van der Waals surface area contributed by atoms with E-state index in [1.807, 2.05) is 0 Å². The van der Waals surface area contributed by atoms with Gasteiger partial charge in [-0.2, -0.15) is 0 Å². The van der Waals surface area contributed by atoms with Gasteiger partial charge in [0.25, 0.3) is 0 Å². The molecule has 2 aliphatic heterocycles. The molecule has 2 heterocycles. The molecule has 0 aromatic rings. The molecule has 0 bridgehead atoms. The summed E-state index contributed by atoms with van der Waals surface area (Å²) in [6, 6.07) is 0.680. The van der Waals surface area contributed by atoms with E-state index in [4.69, 9.17) is 0 Å². The summed E-state index contributed by atoms with van der Waals surface area (Å²) in [4.78, 5) is 5.12. The van der Waals surface area contributed by atoms with Gasteiger partial charge in [-0.3, -0.25) is 0 Å². The van der Waals surface area contributed by atoms with Gasteiger partial charge in [0.15, 0.2) is 0 Å². The second-order valence-corrected chi connectivity index (χ2v) is 6.56. The van der Waals surface area contributed by atoms with Gasteiger partial charge < -0.3 is 15.1 Å². The first-order valence-electron chi connectivity index (χ1n) is 7.22. The lowest BCUT2D eigenvalue weighted by atomic mass is 9.77. The van der Waals surface area contributed by atoms with E-state index >= 15 is 0 Å². The molecule has 1 unspecified atom stereocenters. The molecule has 3 heteroatoms. The highest BCUT2D eigenvalue weighted by Gasteiger charge is 2.33. The van der Waals surface area contributed by atoms with Crippen molar-refractivity contribution in [3.63, 3.8) is 0 Å². The molecule has 0 amide bonds. The van der Waals surface area contributed by atoms with E-state index in [1.165, 1.54) is 58.5 Å². The summed E-state index contributed by atoms with van der Waals surface area (Å²) in [7, 11) is 2.24. The van der Waals surface area contributed by atoms with E-state index < -0.39 is 0 Å². The quantitative estimate of drug-likeness (QED) is 0.786. The molecule has 1 N–H and O–H groups in total. The van der Waals surface area contributed by atoms with Gasteiger partial charge in [-0.15, -0.1) is 0 Å². The average molecular weight is 239 g/mol. The fourth-order valence-corrected chi connectivity index (χ4v) is 3.12. The van der Waals surface area contributed by atoms with Gasteiger partial charge in [0.05, 0.1) is 0 Å². The van der Waals surface area contributed by atoms with Crippen LogP contribution >= 0.6 is 0 Å². The molecule has 17 heavy (non-hydrogen) atoms. The van der Waals surface area contributed by atoms with Crippen LogP contribution in [0.25, 0.3) is 0 Å². The SMILES string of the molecule is CN1CCCN(CC2NCCCC2(C)C)CC1. The molecule has 2 saturated heterocycles. The summed E-state index contributed by atoms with van der Waals surface area (Å²) in [5.41, 5.74) is 0.469. The summed E-state index contributed by atoms with van der Waals surface area (Å²) in [6.07, 6.45) is 4.04. The van der Waals surface area contributed by atoms with Crippen molar-refractivity contribution < 1.29 is 0 Å². The van der Waals surface area contributed by atoms with Crippen LogP contribution in [0.5, 0.6) is 0 Å². The Morgan fingerprint density at radius 3 is 2.71 bits per heavy atom. The lowest BCUT2D eigenvalue weighted by Gasteiger charge is -2.42. The lowest BCUT2D eigenvalue weighted by Crippen LogP contribution is -2.53. The second kappa shape index (κ2) is 5.68. The Labute approximate surface area is 107 Å². The molecule has 2 fully saturated rings. The molecule has 0 radical (unpaired) electrons. The molecule has 0 spiro atoms. The Bertz CT molecular complexity index is 240. The molecule has 0 aliphatic carbocycles. The molecule has 0 saturated carbocycles. The van der Waals surface area contributed by atoms with Gasteiger partial charge in [-0.1, -0.05) is 13.8 Å². The fourth-order valence-electron chi connectivity index (χ4n) is 3.12. The van der Waals surface area contributed by atoms with Crippen LogP contribution in [-0.4, -0.2) is 62.2 Å². The highest BCUT2D eigenvalue weighted by atomic mass is 15.2. The third kappa shape index (κ3) is 3.67. The minimum Gasteiger partial charge on any atom is -0.312 e. The van der Waals surface area contributed by atoms with Crippen LogP contribution in [0.15, 0.2) is 0 Å². The Morgan fingerprint density at radius 1 is 1.12 bits per heavy atom. The van der Waals surface area contributed by atoms with Crippen molar-refractivity contribution >= 4 is 0 Å². The van der Waals surface area contributed by atoms with Crippen molar-refractivity contribution in [2.24, 2.45) is 5.41 Å². The first-order chi connectivity index (χ1) is 8.08. The van der Waals surface area contributed by atoms with E-state index in [9.17, 15) is 0 Å². The summed E-state index contributed by atoms with van der Waals surface area (Å²) >= 11 is 0. The van der Waals surface area contributed by atoms with Crippen LogP contribution in [0.2, 0.25) is 0 Å². The second-order valence-electron chi connectivity index (χ2n) is 6.56. The van der Waals surface area contributed by atoms with Gasteiger partial charge in [-0.25, -0.2) is 0 Å². The van der Waals surface area contributed by atoms with Crippen molar-refractivity contribution in [2.75, 3.05) is 46.3 Å². The molecule has 100 valence electrons. The number of likely N-dealkylation sites (N-methyl/N-ethyl adjacent to an activating group) is 1. The minimum atomic E-state index is 0.469. The largest absolute Gasteiger partial charge is 0.312 e. The van der Waals surface area contributed by atoms with Crippen molar-refractivity contribution in [1.29, 1.82) is 0 Å². The van der Waals surface area contributed by atoms with E-state index in [0.29, 0.717) is 11.5 Å². The van der Waals surface area contributed by atoms with Crippen LogP contribution < -0.4 is 5.32 Å². The van der Waals surface area contributed by atoms with E-state index in [2.05, 4.69) is 36.0 Å². The third-order valence-electron chi connectivity index (χ3n) is 4.58. The predicted molar refractivity (Wildman–Crippen MR) is 73.4 cm³/mol. The number of hydrogen-bond donors (Lipinski definition) is 1. The highest BCUT2D eigenvalue weighted by molar-refractivity contribution is 4.90. The first kappa shape index (κ1) is 13.3. The third-order valence-corrected chi connectivity index (χ3v) is 4.58. The Morgan fingerprint density at radius 2 is 1.94 bits per heavy atom. The number of piperidine rings is 1. The van der Waals surface area contributed by atoms with Crippen LogP contribution in [0.3, 0.4) is 0 Å². The fraction of sp³-hybridized carbons (Fsp3) is 1.00. The van der Waals surface area contributed by atoms with Crippen LogP contribution in [0, 0.1) is 5.41 Å². The molecular formula is C14H29N3. The van der Waals surface area contributed by atoms with Gasteiger partial charge >= 0.3 is 0 Å². The molecule has 0 aromatic heterocycles. The number of rotatable bonds is 2. The van der Waals surface area contributed by atoms with E-state index in [-0.39, 0.29) is 0 Å². The van der Waals surface area contributed by atoms with Crippen molar-refractivity contribution in [2.45, 2.75) is 39.2 Å². The molecule has 2 aliphatic rings. The standard InChI is InChI=1S/C14H29N3/c1-14(2)6-4-7-15-13(14)12-17-9-5-8-16(3)10-11-17/h13,15H,4-12H2,1-3H3. The van der Waals surface area contributed by atoms with Gasteiger partial charge in [-0.05, 0) is 51.4 Å². The van der Waals surface area contributed by atoms with Crippen molar-refractivity contribution in [3.8, 4) is 0 Å². The predicted octanol–water partition coefficient (Wildman–Crippen LogP) is 1.40. The van der Waals surface area contributed by atoms with Gasteiger partial charge in [0, 0.05) is 25.7 Å².